The van der Waals surface area contributed by atoms with Crippen molar-refractivity contribution < 1.29 is 33.0 Å². The third-order valence-corrected chi connectivity index (χ3v) is 9.23. The van der Waals surface area contributed by atoms with Gasteiger partial charge in [-0.2, -0.15) is 0 Å². The van der Waals surface area contributed by atoms with Gasteiger partial charge in [-0.05, 0) is 62.7 Å². The summed E-state index contributed by atoms with van der Waals surface area (Å²) in [5, 5.41) is 11.5. The van der Waals surface area contributed by atoms with Gasteiger partial charge in [0.25, 0.3) is 0 Å². The van der Waals surface area contributed by atoms with E-state index in [4.69, 9.17) is 21.1 Å². The van der Waals surface area contributed by atoms with Crippen LogP contribution < -0.4 is 0 Å². The second-order valence-electron chi connectivity index (χ2n) is 11.1. The molecule has 0 bridgehead atoms. The van der Waals surface area contributed by atoms with E-state index in [1.54, 1.807) is 19.9 Å². The van der Waals surface area contributed by atoms with Crippen LogP contribution in [-0.2, 0) is 19.1 Å². The van der Waals surface area contributed by atoms with Gasteiger partial charge in [-0.25, -0.2) is 8.78 Å². The molecule has 0 aromatic heterocycles. The highest BCUT2D eigenvalue weighted by Gasteiger charge is 2.78. The predicted molar refractivity (Wildman–Crippen MR) is 112 cm³/mol. The van der Waals surface area contributed by atoms with E-state index in [1.807, 2.05) is 13.8 Å². The van der Waals surface area contributed by atoms with Crippen molar-refractivity contribution in [1.82, 2.24) is 0 Å². The highest BCUT2D eigenvalue weighted by Crippen LogP contribution is 2.70. The summed E-state index contributed by atoms with van der Waals surface area (Å²) in [5.74, 6) is -3.18. The molecule has 10 atom stereocenters. The van der Waals surface area contributed by atoms with Gasteiger partial charge in [-0.1, -0.05) is 31.5 Å². The van der Waals surface area contributed by atoms with E-state index in [9.17, 15) is 19.1 Å². The number of Topliss-reactive ketones (excluding diaryl/α,β-unsaturated/α-hetero) is 1. The molecule has 1 heterocycles. The van der Waals surface area contributed by atoms with Crippen LogP contribution in [0.1, 0.15) is 47.0 Å². The Kier molecular flexibility index (Phi) is 4.75. The van der Waals surface area contributed by atoms with Crippen LogP contribution in [0.2, 0.25) is 0 Å². The summed E-state index contributed by atoms with van der Waals surface area (Å²) >= 11 is 5.66. The number of ether oxygens (including phenoxy) is 2. The lowest BCUT2D eigenvalue weighted by atomic mass is 9.46. The molecule has 0 amide bonds. The fraction of sp³-hybridized carbons (Fsp3) is 0.750. The summed E-state index contributed by atoms with van der Waals surface area (Å²) in [7, 11) is 0. The molecule has 1 aliphatic heterocycles. The molecule has 176 valence electrons. The van der Waals surface area contributed by atoms with Crippen LogP contribution in [0.25, 0.3) is 0 Å². The number of hydrogen-bond donors (Lipinski definition) is 1. The maximum absolute atomic E-state index is 15.5. The first-order chi connectivity index (χ1) is 14.8. The molecule has 0 aromatic carbocycles. The Bertz CT molecular complexity index is 947. The average Bonchev–Trinajstić information content (AvgIpc) is 3.08. The van der Waals surface area contributed by atoms with Gasteiger partial charge in [0.15, 0.2) is 17.2 Å². The van der Waals surface area contributed by atoms with E-state index in [2.05, 4.69) is 0 Å². The summed E-state index contributed by atoms with van der Waals surface area (Å²) < 4.78 is 42.0. The van der Waals surface area contributed by atoms with Crippen LogP contribution in [0, 0.1) is 28.6 Å². The van der Waals surface area contributed by atoms with Crippen molar-refractivity contribution in [2.24, 2.45) is 28.6 Å². The van der Waals surface area contributed by atoms with E-state index < -0.39 is 52.0 Å². The van der Waals surface area contributed by atoms with E-state index >= 15 is 4.39 Å². The lowest BCUT2D eigenvalue weighted by molar-refractivity contribution is -0.226. The molecule has 0 aromatic rings. The Morgan fingerprint density at radius 3 is 2.62 bits per heavy atom. The quantitative estimate of drug-likeness (QED) is 0.621. The van der Waals surface area contributed by atoms with Crippen molar-refractivity contribution in [2.75, 3.05) is 0 Å². The minimum atomic E-state index is -2.28. The van der Waals surface area contributed by atoms with Crippen LogP contribution in [0.15, 0.2) is 23.8 Å². The number of fused-ring (bicyclic) bond motifs is 7. The average molecular weight is 471 g/mol. The number of aliphatic hydroxyl groups is 1. The summed E-state index contributed by atoms with van der Waals surface area (Å²) in [6.45, 7) is 7.02. The van der Waals surface area contributed by atoms with Gasteiger partial charge in [0.05, 0.1) is 12.2 Å². The molecule has 5 rings (SSSR count). The lowest BCUT2D eigenvalue weighted by Crippen LogP contribution is -2.65. The van der Waals surface area contributed by atoms with Crippen molar-refractivity contribution in [2.45, 2.75) is 82.4 Å². The minimum absolute atomic E-state index is 0.116. The summed E-state index contributed by atoms with van der Waals surface area (Å²) in [5.41, 5.74) is -5.35. The maximum atomic E-state index is 15.5. The first-order valence-electron chi connectivity index (χ1n) is 11.2. The molecule has 0 radical (unpaired) electrons. The Labute approximate surface area is 191 Å². The number of aliphatic hydroxyl groups excluding tert-OH is 1. The smallest absolute Gasteiger partial charge is 0.234 e. The summed E-state index contributed by atoms with van der Waals surface area (Å²) in [4.78, 5) is 25.2. The zero-order chi connectivity index (χ0) is 23.4. The summed E-state index contributed by atoms with van der Waals surface area (Å²) in [6, 6.07) is 0. The largest absolute Gasteiger partial charge is 0.393 e. The van der Waals surface area contributed by atoms with Gasteiger partial charge in [0, 0.05) is 16.7 Å². The molecule has 4 fully saturated rings. The van der Waals surface area contributed by atoms with Crippen molar-refractivity contribution >= 4 is 23.2 Å². The van der Waals surface area contributed by atoms with E-state index in [1.165, 1.54) is 12.2 Å². The molecule has 1 saturated heterocycles. The van der Waals surface area contributed by atoms with Gasteiger partial charge in [-0.3, -0.25) is 9.59 Å². The Morgan fingerprint density at radius 1 is 1.28 bits per heavy atom. The number of hydrogen-bond acceptors (Lipinski definition) is 5. The Morgan fingerprint density at radius 2 is 1.97 bits per heavy atom. The fourth-order valence-electron chi connectivity index (χ4n) is 8.03. The molecule has 32 heavy (non-hydrogen) atoms. The normalized spacial score (nSPS) is 51.9. The number of allylic oxidation sites excluding steroid dienone is 4. The molecule has 4 aliphatic carbocycles. The van der Waals surface area contributed by atoms with Gasteiger partial charge in [-0.15, -0.1) is 0 Å². The number of carbonyl (C=O) groups is 2. The van der Waals surface area contributed by atoms with Gasteiger partial charge in [0.2, 0.25) is 11.4 Å². The molecule has 5 nitrogen and oxygen atoms in total. The van der Waals surface area contributed by atoms with Gasteiger partial charge >= 0.3 is 0 Å². The number of alkyl halides is 3. The molecule has 1 N–H and O–H groups in total. The Hall–Kier alpha value is -1.15. The highest BCUT2D eigenvalue weighted by atomic mass is 35.5. The monoisotopic (exact) mass is 470 g/mol. The van der Waals surface area contributed by atoms with Crippen LogP contribution in [0.5, 0.6) is 0 Å². The standard InChI is InChI=1S/C24H29ClF2O5/c1-21(2)31-17-9-13-12-8-15(26)14-7-11(28)5-6-22(14,3)18(12)16(29)10-23(13,4)24(17,32-21)19(30)20(25)27/h5-7,12-13,15-18,20,29H,8-10H2,1-4H3/t12-,13-,15-,16-,17+,18+,20?,22-,23-,24-/m0/s1. The second kappa shape index (κ2) is 6.71. The zero-order valence-electron chi connectivity index (χ0n) is 18.6. The maximum Gasteiger partial charge on any atom is 0.234 e. The van der Waals surface area contributed by atoms with E-state index in [0.29, 0.717) is 12.0 Å². The molecule has 5 aliphatic rings. The molecule has 8 heteroatoms. The van der Waals surface area contributed by atoms with Crippen molar-refractivity contribution in [3.8, 4) is 0 Å². The fourth-order valence-corrected chi connectivity index (χ4v) is 8.19. The van der Waals surface area contributed by atoms with Crippen LogP contribution in [0.3, 0.4) is 0 Å². The second-order valence-corrected chi connectivity index (χ2v) is 11.4. The van der Waals surface area contributed by atoms with Crippen LogP contribution in [0.4, 0.5) is 8.78 Å². The molecule has 0 spiro atoms. The number of ketones is 2. The first-order valence-corrected chi connectivity index (χ1v) is 11.7. The molecular weight excluding hydrogens is 442 g/mol. The molecule has 1 unspecified atom stereocenters. The van der Waals surface area contributed by atoms with Crippen LogP contribution >= 0.6 is 11.6 Å². The third kappa shape index (κ3) is 2.65. The first kappa shape index (κ1) is 22.6. The number of rotatable bonds is 2. The van der Waals surface area contributed by atoms with Crippen LogP contribution in [-0.4, -0.2) is 52.1 Å². The van der Waals surface area contributed by atoms with Crippen molar-refractivity contribution in [3.05, 3.63) is 23.8 Å². The number of halogens is 3. The third-order valence-electron chi connectivity index (χ3n) is 9.03. The van der Waals surface area contributed by atoms with Crippen molar-refractivity contribution in [1.29, 1.82) is 0 Å². The highest BCUT2D eigenvalue weighted by molar-refractivity contribution is 6.31. The predicted octanol–water partition coefficient (Wildman–Crippen LogP) is 3.82. The Balaban J connectivity index is 1.62. The van der Waals surface area contributed by atoms with Crippen molar-refractivity contribution in [3.63, 3.8) is 0 Å². The van der Waals surface area contributed by atoms with Gasteiger partial charge in [0.1, 0.15) is 6.17 Å². The summed E-state index contributed by atoms with van der Waals surface area (Å²) in [6.07, 6.45) is 2.15. The lowest BCUT2D eigenvalue weighted by Gasteiger charge is -2.60. The SMILES string of the molecule is CC1(C)O[C@@H]2C[C@H]3[C@@H]4C[C@H](F)C5=CC(=O)C=C[C@]5(C)[C@H]4[C@@H](O)C[C@]3(C)[C@]2(C(=O)C(F)Cl)O1. The minimum Gasteiger partial charge on any atom is -0.393 e. The topological polar surface area (TPSA) is 72.8 Å². The van der Waals surface area contributed by atoms with Gasteiger partial charge < -0.3 is 14.6 Å². The van der Waals surface area contributed by atoms with E-state index in [0.717, 1.165) is 0 Å². The molecule has 3 saturated carbocycles. The number of carbonyl (C=O) groups excluding carboxylic acids is 2. The zero-order valence-corrected chi connectivity index (χ0v) is 19.4. The molecular formula is C24H29ClF2O5. The van der Waals surface area contributed by atoms with E-state index in [-0.39, 0.29) is 36.4 Å².